The van der Waals surface area contributed by atoms with E-state index in [1.54, 1.807) is 0 Å². The van der Waals surface area contributed by atoms with Gasteiger partial charge in [0.05, 0.1) is 12.1 Å². The molecular weight excluding hydrogens is 304 g/mol. The number of ether oxygens (including phenoxy) is 2. The lowest BCUT2D eigenvalue weighted by molar-refractivity contribution is -0.120. The van der Waals surface area contributed by atoms with Crippen LogP contribution in [0.5, 0.6) is 11.5 Å². The van der Waals surface area contributed by atoms with Crippen molar-refractivity contribution in [2.24, 2.45) is 5.10 Å². The van der Waals surface area contributed by atoms with Crippen molar-refractivity contribution in [3.8, 4) is 11.5 Å². The smallest absolute Gasteiger partial charge is 0.244 e. The molecule has 0 unspecified atom stereocenters. The molecule has 0 spiro atoms. The van der Waals surface area contributed by atoms with Crippen LogP contribution in [0.4, 0.5) is 0 Å². The van der Waals surface area contributed by atoms with E-state index in [1.807, 2.05) is 44.2 Å². The Labute approximate surface area is 141 Å². The molecule has 2 aromatic carbocycles. The summed E-state index contributed by atoms with van der Waals surface area (Å²) in [5, 5.41) is 4.21. The van der Waals surface area contributed by atoms with Crippen molar-refractivity contribution in [3.05, 3.63) is 58.7 Å². The second-order valence-electron chi connectivity index (χ2n) is 5.91. The van der Waals surface area contributed by atoms with Crippen LogP contribution in [0.2, 0.25) is 0 Å². The summed E-state index contributed by atoms with van der Waals surface area (Å²) < 4.78 is 10.6. The number of aryl methyl sites for hydroxylation is 2. The van der Waals surface area contributed by atoms with Gasteiger partial charge in [0, 0.05) is 5.56 Å². The number of amides is 1. The van der Waals surface area contributed by atoms with Gasteiger partial charge in [-0.05, 0) is 44.0 Å². The first-order valence-corrected chi connectivity index (χ1v) is 7.82. The van der Waals surface area contributed by atoms with Crippen molar-refractivity contribution < 1.29 is 14.3 Å². The summed E-state index contributed by atoms with van der Waals surface area (Å²) in [7, 11) is 0. The summed E-state index contributed by atoms with van der Waals surface area (Å²) in [5.74, 6) is 1.22. The Morgan fingerprint density at radius 1 is 1.12 bits per heavy atom. The molecule has 124 valence electrons. The van der Waals surface area contributed by atoms with Crippen molar-refractivity contribution in [3.63, 3.8) is 0 Å². The van der Waals surface area contributed by atoms with Gasteiger partial charge in [-0.15, -0.1) is 0 Å². The Morgan fingerprint density at radius 2 is 1.92 bits per heavy atom. The molecule has 1 N–H and O–H groups in total. The lowest BCUT2D eigenvalue weighted by Gasteiger charge is -2.07. The first kappa shape index (κ1) is 16.1. The molecule has 5 nitrogen and oxygen atoms in total. The van der Waals surface area contributed by atoms with E-state index < -0.39 is 0 Å². The Hall–Kier alpha value is -2.82. The largest absolute Gasteiger partial charge is 0.454 e. The van der Waals surface area contributed by atoms with E-state index in [9.17, 15) is 4.79 Å². The number of carbonyl (C=O) groups excluding carboxylic acids is 1. The molecule has 0 aromatic heterocycles. The molecule has 1 aliphatic rings. The van der Waals surface area contributed by atoms with Gasteiger partial charge in [0.1, 0.15) is 0 Å². The summed E-state index contributed by atoms with van der Waals surface area (Å²) in [5.41, 5.74) is 7.63. The maximum absolute atomic E-state index is 12.1. The minimum Gasteiger partial charge on any atom is -0.454 e. The molecule has 1 heterocycles. The van der Waals surface area contributed by atoms with Gasteiger partial charge in [0.2, 0.25) is 12.7 Å². The van der Waals surface area contributed by atoms with E-state index >= 15 is 0 Å². The third kappa shape index (κ3) is 3.56. The fraction of sp³-hybridized carbons (Fsp3) is 0.263. The van der Waals surface area contributed by atoms with Gasteiger partial charge in [0.25, 0.3) is 0 Å². The first-order chi connectivity index (χ1) is 11.5. The number of benzene rings is 2. The fourth-order valence-corrected chi connectivity index (χ4v) is 2.70. The molecule has 0 saturated heterocycles. The number of hydrazone groups is 1. The first-order valence-electron chi connectivity index (χ1n) is 7.82. The zero-order chi connectivity index (χ0) is 17.1. The molecule has 2 aromatic rings. The number of carbonyl (C=O) groups is 1. The number of rotatable bonds is 4. The van der Waals surface area contributed by atoms with Crippen LogP contribution in [-0.4, -0.2) is 18.4 Å². The lowest BCUT2D eigenvalue weighted by Crippen LogP contribution is -2.21. The van der Waals surface area contributed by atoms with Gasteiger partial charge < -0.3 is 9.47 Å². The van der Waals surface area contributed by atoms with E-state index in [4.69, 9.17) is 9.47 Å². The predicted octanol–water partition coefficient (Wildman–Crippen LogP) is 3.12. The summed E-state index contributed by atoms with van der Waals surface area (Å²) in [6.07, 6.45) is 0.236. The van der Waals surface area contributed by atoms with E-state index in [2.05, 4.69) is 23.5 Å². The van der Waals surface area contributed by atoms with E-state index in [1.165, 1.54) is 5.56 Å². The van der Waals surface area contributed by atoms with Crippen LogP contribution in [0, 0.1) is 13.8 Å². The zero-order valence-corrected chi connectivity index (χ0v) is 14.1. The van der Waals surface area contributed by atoms with Gasteiger partial charge in [-0.25, -0.2) is 5.43 Å². The van der Waals surface area contributed by atoms with E-state index in [0.29, 0.717) is 11.5 Å². The van der Waals surface area contributed by atoms with Crippen molar-refractivity contribution in [1.82, 2.24) is 5.43 Å². The highest BCUT2D eigenvalue weighted by atomic mass is 16.7. The molecule has 0 aliphatic carbocycles. The van der Waals surface area contributed by atoms with Crippen LogP contribution in [0.25, 0.3) is 0 Å². The maximum Gasteiger partial charge on any atom is 0.244 e. The molecule has 0 atom stereocenters. The highest BCUT2D eigenvalue weighted by molar-refractivity contribution is 6.00. The topological polar surface area (TPSA) is 59.9 Å². The molecule has 5 heteroatoms. The Bertz CT molecular complexity index is 812. The average molecular weight is 324 g/mol. The van der Waals surface area contributed by atoms with Gasteiger partial charge in [-0.2, -0.15) is 5.10 Å². The molecule has 1 aliphatic heterocycles. The number of nitrogens with zero attached hydrogens (tertiary/aromatic N) is 1. The average Bonchev–Trinajstić information content (AvgIpc) is 3.00. The SMILES string of the molecule is C/C(=N/NC(=O)Cc1ccc2c(c1)OCO2)c1ccc(C)cc1C. The second kappa shape index (κ2) is 6.74. The quantitative estimate of drug-likeness (QED) is 0.694. The monoisotopic (exact) mass is 324 g/mol. The molecule has 0 fully saturated rings. The molecule has 0 saturated carbocycles. The number of hydrogen-bond donors (Lipinski definition) is 1. The molecule has 1 amide bonds. The predicted molar refractivity (Wildman–Crippen MR) is 92.5 cm³/mol. The Kier molecular flexibility index (Phi) is 4.51. The third-order valence-electron chi connectivity index (χ3n) is 3.92. The molecule has 24 heavy (non-hydrogen) atoms. The zero-order valence-electron chi connectivity index (χ0n) is 14.1. The third-order valence-corrected chi connectivity index (χ3v) is 3.92. The normalized spacial score (nSPS) is 13.0. The van der Waals surface area contributed by atoms with Crippen LogP contribution < -0.4 is 14.9 Å². The molecular formula is C19H20N2O3. The van der Waals surface area contributed by atoms with Crippen LogP contribution in [0.3, 0.4) is 0 Å². The molecule has 0 radical (unpaired) electrons. The number of nitrogens with one attached hydrogen (secondary N) is 1. The van der Waals surface area contributed by atoms with Crippen LogP contribution in [0.1, 0.15) is 29.2 Å². The summed E-state index contributed by atoms with van der Waals surface area (Å²) in [6.45, 7) is 6.20. The highest BCUT2D eigenvalue weighted by Gasteiger charge is 2.14. The lowest BCUT2D eigenvalue weighted by atomic mass is 10.0. The van der Waals surface area contributed by atoms with Crippen molar-refractivity contribution in [2.45, 2.75) is 27.2 Å². The van der Waals surface area contributed by atoms with Gasteiger partial charge in [-0.1, -0.05) is 29.8 Å². The molecule has 0 bridgehead atoms. The fourth-order valence-electron chi connectivity index (χ4n) is 2.70. The number of fused-ring (bicyclic) bond motifs is 1. The van der Waals surface area contributed by atoms with E-state index in [0.717, 1.165) is 22.4 Å². The van der Waals surface area contributed by atoms with Crippen molar-refractivity contribution in [1.29, 1.82) is 0 Å². The van der Waals surface area contributed by atoms with Crippen LogP contribution >= 0.6 is 0 Å². The second-order valence-corrected chi connectivity index (χ2v) is 5.91. The minimum atomic E-state index is -0.169. The number of hydrogen-bond acceptors (Lipinski definition) is 4. The maximum atomic E-state index is 12.1. The van der Waals surface area contributed by atoms with Gasteiger partial charge in [0.15, 0.2) is 11.5 Å². The minimum absolute atomic E-state index is 0.169. The van der Waals surface area contributed by atoms with Crippen molar-refractivity contribution in [2.75, 3.05) is 6.79 Å². The summed E-state index contributed by atoms with van der Waals surface area (Å²) in [4.78, 5) is 12.1. The summed E-state index contributed by atoms with van der Waals surface area (Å²) >= 11 is 0. The summed E-state index contributed by atoms with van der Waals surface area (Å²) in [6, 6.07) is 11.7. The van der Waals surface area contributed by atoms with Crippen LogP contribution in [0.15, 0.2) is 41.5 Å². The van der Waals surface area contributed by atoms with Gasteiger partial charge >= 0.3 is 0 Å². The van der Waals surface area contributed by atoms with Crippen LogP contribution in [-0.2, 0) is 11.2 Å². The standard InChI is InChI=1S/C19H20N2O3/c1-12-4-6-16(13(2)8-12)14(3)20-21-19(22)10-15-5-7-17-18(9-15)24-11-23-17/h4-9H,10-11H2,1-3H3,(H,21,22)/b20-14-. The van der Waals surface area contributed by atoms with Gasteiger partial charge in [-0.3, -0.25) is 4.79 Å². The Balaban J connectivity index is 1.64. The highest BCUT2D eigenvalue weighted by Crippen LogP contribution is 2.32. The Morgan fingerprint density at radius 3 is 2.71 bits per heavy atom. The van der Waals surface area contributed by atoms with Crippen molar-refractivity contribution >= 4 is 11.6 Å². The molecule has 3 rings (SSSR count). The van der Waals surface area contributed by atoms with E-state index in [-0.39, 0.29) is 19.1 Å².